The molecular formula is C16H12N4S. The van der Waals surface area contributed by atoms with Crippen LogP contribution in [-0.4, -0.2) is 19.8 Å². The molecule has 0 fully saturated rings. The lowest BCUT2D eigenvalue weighted by atomic mass is 10.0. The maximum Gasteiger partial charge on any atom is 0.234 e. The van der Waals surface area contributed by atoms with Gasteiger partial charge in [0.15, 0.2) is 5.82 Å². The van der Waals surface area contributed by atoms with Gasteiger partial charge in [-0.15, -0.1) is 10.2 Å². The Balaban J connectivity index is 1.85. The minimum Gasteiger partial charge on any atom is -0.187 e. The van der Waals surface area contributed by atoms with Crippen molar-refractivity contribution in [2.75, 3.05) is 0 Å². The number of hydrogen-bond donors (Lipinski definition) is 0. The summed E-state index contributed by atoms with van der Waals surface area (Å²) in [7, 11) is 0. The molecule has 0 aliphatic heterocycles. The van der Waals surface area contributed by atoms with Crippen LogP contribution in [0.25, 0.3) is 26.3 Å². The van der Waals surface area contributed by atoms with Crippen LogP contribution in [0.15, 0.2) is 30.3 Å². The van der Waals surface area contributed by atoms with Gasteiger partial charge >= 0.3 is 0 Å². The van der Waals surface area contributed by atoms with Crippen LogP contribution in [0.3, 0.4) is 0 Å². The highest BCUT2D eigenvalue weighted by Crippen LogP contribution is 2.38. The van der Waals surface area contributed by atoms with Gasteiger partial charge < -0.3 is 0 Å². The Morgan fingerprint density at radius 1 is 1.05 bits per heavy atom. The second kappa shape index (κ2) is 3.89. The molecular weight excluding hydrogens is 280 g/mol. The fourth-order valence-corrected chi connectivity index (χ4v) is 4.18. The van der Waals surface area contributed by atoms with Crippen LogP contribution in [0.2, 0.25) is 0 Å². The van der Waals surface area contributed by atoms with Gasteiger partial charge in [-0.05, 0) is 41.7 Å². The van der Waals surface area contributed by atoms with Gasteiger partial charge in [0.2, 0.25) is 4.96 Å². The van der Waals surface area contributed by atoms with Crippen molar-refractivity contribution < 1.29 is 0 Å². The van der Waals surface area contributed by atoms with Crippen molar-refractivity contribution in [3.05, 3.63) is 47.3 Å². The second-order valence-corrected chi connectivity index (χ2v) is 6.42. The fourth-order valence-electron chi connectivity index (χ4n) is 3.26. The summed E-state index contributed by atoms with van der Waals surface area (Å²) in [5, 5.41) is 16.6. The van der Waals surface area contributed by atoms with Gasteiger partial charge in [0, 0.05) is 5.56 Å². The van der Waals surface area contributed by atoms with Crippen molar-refractivity contribution in [3.63, 3.8) is 0 Å². The number of aryl methyl sites for hydroxylation is 3. The van der Waals surface area contributed by atoms with Crippen molar-refractivity contribution in [1.29, 1.82) is 0 Å². The van der Waals surface area contributed by atoms with Crippen LogP contribution in [0.1, 0.15) is 17.0 Å². The fraction of sp³-hybridized carbons (Fsp3) is 0.188. The number of rotatable bonds is 1. The summed E-state index contributed by atoms with van der Waals surface area (Å²) in [6.45, 7) is 1.93. The molecule has 4 nitrogen and oxygen atoms in total. The molecule has 0 N–H and O–H groups in total. The normalized spacial score (nSPS) is 13.6. The molecule has 0 atom stereocenters. The first-order valence-corrected chi connectivity index (χ1v) is 7.85. The molecule has 0 saturated carbocycles. The van der Waals surface area contributed by atoms with Gasteiger partial charge in [-0.3, -0.25) is 0 Å². The summed E-state index contributed by atoms with van der Waals surface area (Å²) in [6.07, 6.45) is 2.31. The van der Waals surface area contributed by atoms with E-state index in [1.807, 2.05) is 11.4 Å². The highest BCUT2D eigenvalue weighted by atomic mass is 32.1. The molecule has 0 unspecified atom stereocenters. The maximum absolute atomic E-state index is 4.68. The molecule has 0 saturated heterocycles. The Labute approximate surface area is 125 Å². The zero-order chi connectivity index (χ0) is 14.0. The van der Waals surface area contributed by atoms with Crippen LogP contribution in [-0.2, 0) is 12.8 Å². The van der Waals surface area contributed by atoms with Crippen molar-refractivity contribution >= 4 is 27.1 Å². The number of nitrogens with zero attached hydrogens (tertiary/aromatic N) is 4. The maximum atomic E-state index is 4.68. The van der Waals surface area contributed by atoms with Crippen molar-refractivity contribution in [2.24, 2.45) is 0 Å². The summed E-state index contributed by atoms with van der Waals surface area (Å²) in [5.41, 5.74) is 4.12. The zero-order valence-corrected chi connectivity index (χ0v) is 12.3. The lowest BCUT2D eigenvalue weighted by Crippen LogP contribution is -1.89. The van der Waals surface area contributed by atoms with Crippen LogP contribution < -0.4 is 0 Å². The third kappa shape index (κ3) is 1.46. The molecule has 1 aliphatic rings. The lowest BCUT2D eigenvalue weighted by Gasteiger charge is -2.06. The number of aromatic nitrogens is 4. The Morgan fingerprint density at radius 2 is 1.90 bits per heavy atom. The van der Waals surface area contributed by atoms with Gasteiger partial charge in [-0.2, -0.15) is 9.61 Å². The van der Waals surface area contributed by atoms with E-state index >= 15 is 0 Å². The second-order valence-electron chi connectivity index (χ2n) is 5.46. The smallest absolute Gasteiger partial charge is 0.187 e. The number of hydrogen-bond acceptors (Lipinski definition) is 4. The van der Waals surface area contributed by atoms with Crippen LogP contribution in [0, 0.1) is 6.92 Å². The molecule has 2 heterocycles. The Bertz CT molecular complexity index is 1000. The van der Waals surface area contributed by atoms with Crippen LogP contribution in [0.4, 0.5) is 0 Å². The molecule has 2 aromatic heterocycles. The first-order valence-electron chi connectivity index (χ1n) is 7.04. The standard InChI is InChI=1S/C16H12N4S/c1-9-17-18-16-20(9)19-15(21-16)13-8-7-11-6-5-10-3-2-4-12(13)14(10)11/h2-4,7-8H,5-6H2,1H3. The van der Waals surface area contributed by atoms with E-state index in [1.165, 1.54) is 27.5 Å². The SMILES string of the molecule is Cc1nnc2sc(-c3ccc4c5c(cccc35)CC4)nn12. The molecule has 0 amide bonds. The molecule has 0 bridgehead atoms. The van der Waals surface area contributed by atoms with Gasteiger partial charge in [0.1, 0.15) is 5.01 Å². The quantitative estimate of drug-likeness (QED) is 0.540. The first kappa shape index (κ1) is 11.4. The Morgan fingerprint density at radius 3 is 2.76 bits per heavy atom. The van der Waals surface area contributed by atoms with E-state index in [1.54, 1.807) is 11.3 Å². The highest BCUT2D eigenvalue weighted by molar-refractivity contribution is 7.19. The highest BCUT2D eigenvalue weighted by Gasteiger charge is 2.18. The van der Waals surface area contributed by atoms with Gasteiger partial charge in [-0.1, -0.05) is 41.7 Å². The molecule has 21 heavy (non-hydrogen) atoms. The summed E-state index contributed by atoms with van der Waals surface area (Å²) in [6, 6.07) is 11.1. The van der Waals surface area contributed by atoms with E-state index in [-0.39, 0.29) is 0 Å². The van der Waals surface area contributed by atoms with Crippen molar-refractivity contribution in [3.8, 4) is 10.6 Å². The van der Waals surface area contributed by atoms with Crippen LogP contribution >= 0.6 is 11.3 Å². The van der Waals surface area contributed by atoms with Gasteiger partial charge in [0.25, 0.3) is 0 Å². The van der Waals surface area contributed by atoms with E-state index in [0.29, 0.717) is 0 Å². The molecule has 5 heteroatoms. The van der Waals surface area contributed by atoms with E-state index in [4.69, 9.17) is 0 Å². The van der Waals surface area contributed by atoms with Gasteiger partial charge in [-0.25, -0.2) is 0 Å². The van der Waals surface area contributed by atoms with Gasteiger partial charge in [0.05, 0.1) is 0 Å². The average Bonchev–Trinajstić information content (AvgIpc) is 3.18. The van der Waals surface area contributed by atoms with Crippen molar-refractivity contribution in [2.45, 2.75) is 19.8 Å². The Hall–Kier alpha value is -2.27. The monoisotopic (exact) mass is 292 g/mol. The Kier molecular flexibility index (Phi) is 2.11. The molecule has 2 aromatic carbocycles. The molecule has 1 aliphatic carbocycles. The molecule has 0 spiro atoms. The minimum atomic E-state index is 0.832. The summed E-state index contributed by atoms with van der Waals surface area (Å²) >= 11 is 1.60. The van der Waals surface area contributed by atoms with E-state index in [9.17, 15) is 0 Å². The topological polar surface area (TPSA) is 43.1 Å². The predicted octanol–water partition coefficient (Wildman–Crippen LogP) is 3.41. The number of fused-ring (bicyclic) bond motifs is 1. The van der Waals surface area contributed by atoms with E-state index in [2.05, 4.69) is 45.6 Å². The summed E-state index contributed by atoms with van der Waals surface area (Å²) in [5.74, 6) is 0.832. The lowest BCUT2D eigenvalue weighted by molar-refractivity contribution is 0.898. The van der Waals surface area contributed by atoms with Crippen molar-refractivity contribution in [1.82, 2.24) is 19.8 Å². The summed E-state index contributed by atoms with van der Waals surface area (Å²) < 4.78 is 1.82. The first-order chi connectivity index (χ1) is 10.3. The van der Waals surface area contributed by atoms with Crippen LogP contribution in [0.5, 0.6) is 0 Å². The molecule has 4 aromatic rings. The molecule has 102 valence electrons. The minimum absolute atomic E-state index is 0.832. The largest absolute Gasteiger partial charge is 0.234 e. The van der Waals surface area contributed by atoms with E-state index < -0.39 is 0 Å². The average molecular weight is 292 g/mol. The zero-order valence-electron chi connectivity index (χ0n) is 11.5. The predicted molar refractivity (Wildman–Crippen MR) is 83.7 cm³/mol. The summed E-state index contributed by atoms with van der Waals surface area (Å²) in [4.78, 5) is 0.853. The van der Waals surface area contributed by atoms with E-state index in [0.717, 1.165) is 28.6 Å². The third-order valence-electron chi connectivity index (χ3n) is 4.25. The number of benzene rings is 2. The third-order valence-corrected chi connectivity index (χ3v) is 5.19. The molecule has 0 radical (unpaired) electrons. The molecule has 5 rings (SSSR count).